The molecule has 1 heterocycles. The molecule has 0 amide bonds. The van der Waals surface area contributed by atoms with E-state index >= 15 is 0 Å². The van der Waals surface area contributed by atoms with Gasteiger partial charge in [-0.3, -0.25) is 0 Å². The van der Waals surface area contributed by atoms with Crippen LogP contribution in [0.4, 0.5) is 5.69 Å². The van der Waals surface area contributed by atoms with E-state index in [0.29, 0.717) is 24.9 Å². The number of methoxy groups -OCH3 is 1. The van der Waals surface area contributed by atoms with E-state index in [-0.39, 0.29) is 0 Å². The number of benzene rings is 2. The fourth-order valence-corrected chi connectivity index (χ4v) is 2.91. The molecule has 3 rings (SSSR count). The monoisotopic (exact) mass is 393 g/mol. The molecule has 29 heavy (non-hydrogen) atoms. The van der Waals surface area contributed by atoms with Gasteiger partial charge in [-0.05, 0) is 43.7 Å². The summed E-state index contributed by atoms with van der Waals surface area (Å²) in [6.45, 7) is 5.83. The van der Waals surface area contributed by atoms with Crippen LogP contribution in [0.5, 0.6) is 11.5 Å². The van der Waals surface area contributed by atoms with E-state index in [1.807, 2.05) is 67.2 Å². The highest BCUT2D eigenvalue weighted by Gasteiger charge is 2.08. The molecule has 3 aromatic rings. The van der Waals surface area contributed by atoms with Crippen LogP contribution in [0, 0.1) is 0 Å². The standard InChI is InChI=1S/C22H27N5O2/c1-4-23-22(26-18-11-12-20(29-5-2)21(15-18)28-3)24-16-17-9-6-7-10-19(17)27-14-8-13-25-27/h6-15H,4-5,16H2,1-3H3,(H2,23,24,26). The fourth-order valence-electron chi connectivity index (χ4n) is 2.91. The van der Waals surface area contributed by atoms with Gasteiger partial charge in [-0.15, -0.1) is 0 Å². The Hall–Kier alpha value is -3.48. The summed E-state index contributed by atoms with van der Waals surface area (Å²) < 4.78 is 12.9. The molecule has 0 aliphatic heterocycles. The minimum atomic E-state index is 0.513. The van der Waals surface area contributed by atoms with Crippen LogP contribution < -0.4 is 20.1 Å². The topological polar surface area (TPSA) is 72.7 Å². The molecule has 7 nitrogen and oxygen atoms in total. The van der Waals surface area contributed by atoms with Gasteiger partial charge in [0, 0.05) is 30.7 Å². The molecule has 152 valence electrons. The molecule has 0 saturated heterocycles. The van der Waals surface area contributed by atoms with E-state index in [9.17, 15) is 0 Å². The maximum Gasteiger partial charge on any atom is 0.196 e. The lowest BCUT2D eigenvalue weighted by Gasteiger charge is -2.15. The Morgan fingerprint density at radius 3 is 2.69 bits per heavy atom. The predicted octanol–water partition coefficient (Wildman–Crippen LogP) is 3.86. The van der Waals surface area contributed by atoms with Gasteiger partial charge in [0.25, 0.3) is 0 Å². The summed E-state index contributed by atoms with van der Waals surface area (Å²) in [5.41, 5.74) is 2.96. The quantitative estimate of drug-likeness (QED) is 0.449. The Morgan fingerprint density at radius 1 is 1.10 bits per heavy atom. The van der Waals surface area contributed by atoms with Crippen molar-refractivity contribution in [2.45, 2.75) is 20.4 Å². The van der Waals surface area contributed by atoms with Crippen molar-refractivity contribution in [3.05, 3.63) is 66.5 Å². The zero-order chi connectivity index (χ0) is 20.5. The van der Waals surface area contributed by atoms with Gasteiger partial charge in [-0.1, -0.05) is 18.2 Å². The molecule has 7 heteroatoms. The first kappa shape index (κ1) is 20.3. The normalized spacial score (nSPS) is 11.2. The summed E-state index contributed by atoms with van der Waals surface area (Å²) in [4.78, 5) is 4.75. The van der Waals surface area contributed by atoms with Gasteiger partial charge < -0.3 is 20.1 Å². The van der Waals surface area contributed by atoms with Gasteiger partial charge in [0.2, 0.25) is 0 Å². The summed E-state index contributed by atoms with van der Waals surface area (Å²) in [6, 6.07) is 15.7. The Morgan fingerprint density at radius 2 is 1.97 bits per heavy atom. The summed E-state index contributed by atoms with van der Waals surface area (Å²) in [5, 5.41) is 10.9. The molecule has 0 unspecified atom stereocenters. The molecule has 2 N–H and O–H groups in total. The number of anilines is 1. The molecule has 0 atom stereocenters. The third-order valence-electron chi connectivity index (χ3n) is 4.22. The summed E-state index contributed by atoms with van der Waals surface area (Å²) in [7, 11) is 1.63. The molecular formula is C22H27N5O2. The fraction of sp³-hybridized carbons (Fsp3) is 0.273. The van der Waals surface area contributed by atoms with Crippen LogP contribution in [0.1, 0.15) is 19.4 Å². The van der Waals surface area contributed by atoms with Gasteiger partial charge >= 0.3 is 0 Å². The zero-order valence-corrected chi connectivity index (χ0v) is 17.1. The third kappa shape index (κ3) is 5.28. The lowest BCUT2D eigenvalue weighted by Crippen LogP contribution is -2.30. The number of para-hydroxylation sites is 1. The number of hydrogen-bond acceptors (Lipinski definition) is 4. The van der Waals surface area contributed by atoms with Gasteiger partial charge in [0.05, 0.1) is 25.9 Å². The SMILES string of the molecule is CCNC(=NCc1ccccc1-n1cccn1)Nc1ccc(OCC)c(OC)c1. The highest BCUT2D eigenvalue weighted by molar-refractivity contribution is 5.93. The highest BCUT2D eigenvalue weighted by atomic mass is 16.5. The molecule has 0 spiro atoms. The minimum absolute atomic E-state index is 0.513. The van der Waals surface area contributed by atoms with Crippen LogP contribution in [0.25, 0.3) is 5.69 Å². The molecule has 1 aromatic heterocycles. The van der Waals surface area contributed by atoms with Gasteiger partial charge in [-0.2, -0.15) is 5.10 Å². The Kier molecular flexibility index (Phi) is 7.10. The summed E-state index contributed by atoms with van der Waals surface area (Å²) >= 11 is 0. The van der Waals surface area contributed by atoms with Gasteiger partial charge in [0.15, 0.2) is 17.5 Å². The van der Waals surface area contributed by atoms with Crippen molar-refractivity contribution in [3.8, 4) is 17.2 Å². The number of aliphatic imine (C=N–C) groups is 1. The molecular weight excluding hydrogens is 366 g/mol. The second-order valence-corrected chi connectivity index (χ2v) is 6.20. The van der Waals surface area contributed by atoms with Crippen LogP contribution in [0.15, 0.2) is 65.9 Å². The van der Waals surface area contributed by atoms with Crippen LogP contribution in [-0.4, -0.2) is 36.0 Å². The first-order valence-electron chi connectivity index (χ1n) is 9.69. The largest absolute Gasteiger partial charge is 0.493 e. The number of guanidine groups is 1. The molecule has 2 aromatic carbocycles. The van der Waals surface area contributed by atoms with Crippen molar-refractivity contribution in [2.24, 2.45) is 4.99 Å². The first-order chi connectivity index (χ1) is 14.2. The molecule has 0 aliphatic rings. The minimum Gasteiger partial charge on any atom is -0.493 e. The third-order valence-corrected chi connectivity index (χ3v) is 4.22. The van der Waals surface area contributed by atoms with Crippen molar-refractivity contribution in [1.29, 1.82) is 0 Å². The Balaban J connectivity index is 1.80. The van der Waals surface area contributed by atoms with Crippen molar-refractivity contribution in [3.63, 3.8) is 0 Å². The molecule has 0 bridgehead atoms. The second kappa shape index (κ2) is 10.2. The van der Waals surface area contributed by atoms with E-state index in [1.54, 1.807) is 13.3 Å². The number of rotatable bonds is 8. The lowest BCUT2D eigenvalue weighted by molar-refractivity contribution is 0.311. The van der Waals surface area contributed by atoms with Crippen LogP contribution in [0.3, 0.4) is 0 Å². The predicted molar refractivity (Wildman–Crippen MR) is 116 cm³/mol. The first-order valence-corrected chi connectivity index (χ1v) is 9.69. The van der Waals surface area contributed by atoms with E-state index in [1.165, 1.54) is 0 Å². The zero-order valence-electron chi connectivity index (χ0n) is 17.1. The van der Waals surface area contributed by atoms with Crippen molar-refractivity contribution in [2.75, 3.05) is 25.6 Å². The average molecular weight is 393 g/mol. The molecule has 0 aliphatic carbocycles. The van der Waals surface area contributed by atoms with E-state index in [2.05, 4.69) is 21.8 Å². The molecule has 0 saturated carbocycles. The Bertz CT molecular complexity index is 938. The van der Waals surface area contributed by atoms with Crippen molar-refractivity contribution < 1.29 is 9.47 Å². The second-order valence-electron chi connectivity index (χ2n) is 6.20. The van der Waals surface area contributed by atoms with Crippen LogP contribution >= 0.6 is 0 Å². The van der Waals surface area contributed by atoms with E-state index in [0.717, 1.165) is 29.2 Å². The number of nitrogens with one attached hydrogen (secondary N) is 2. The smallest absolute Gasteiger partial charge is 0.196 e. The number of aromatic nitrogens is 2. The Labute approximate surface area is 171 Å². The summed E-state index contributed by atoms with van der Waals surface area (Å²) in [5.74, 6) is 2.08. The van der Waals surface area contributed by atoms with Gasteiger partial charge in [0.1, 0.15) is 0 Å². The molecule has 0 radical (unpaired) electrons. The number of ether oxygens (including phenoxy) is 2. The van der Waals surface area contributed by atoms with Crippen LogP contribution in [0.2, 0.25) is 0 Å². The number of nitrogens with zero attached hydrogens (tertiary/aromatic N) is 3. The average Bonchev–Trinajstić information content (AvgIpc) is 3.28. The number of hydrogen-bond donors (Lipinski definition) is 2. The van der Waals surface area contributed by atoms with Crippen molar-refractivity contribution in [1.82, 2.24) is 15.1 Å². The lowest BCUT2D eigenvalue weighted by atomic mass is 10.2. The van der Waals surface area contributed by atoms with Crippen LogP contribution in [-0.2, 0) is 6.54 Å². The molecule has 0 fully saturated rings. The maximum absolute atomic E-state index is 5.58. The van der Waals surface area contributed by atoms with Crippen molar-refractivity contribution >= 4 is 11.6 Å². The summed E-state index contributed by atoms with van der Waals surface area (Å²) in [6.07, 6.45) is 3.70. The highest BCUT2D eigenvalue weighted by Crippen LogP contribution is 2.30. The van der Waals surface area contributed by atoms with E-state index < -0.39 is 0 Å². The maximum atomic E-state index is 5.58. The van der Waals surface area contributed by atoms with Gasteiger partial charge in [-0.25, -0.2) is 9.67 Å². The van der Waals surface area contributed by atoms with E-state index in [4.69, 9.17) is 14.5 Å².